The molecule has 4 atom stereocenters. The Hall–Kier alpha value is -3.77. The smallest absolute Gasteiger partial charge is 0.240 e. The fourth-order valence-corrected chi connectivity index (χ4v) is 5.53. The van der Waals surface area contributed by atoms with Crippen molar-refractivity contribution in [2.45, 2.75) is 19.0 Å². The van der Waals surface area contributed by atoms with Gasteiger partial charge in [-0.3, -0.25) is 19.4 Å². The van der Waals surface area contributed by atoms with Crippen molar-refractivity contribution >= 4 is 41.1 Å². The predicted octanol–water partition coefficient (Wildman–Crippen LogP) is 4.41. The van der Waals surface area contributed by atoms with Crippen LogP contribution in [0, 0.1) is 18.8 Å². The molecular weight excluding hydrogens is 450 g/mol. The molecule has 0 spiro atoms. The minimum absolute atomic E-state index is 0.252. The quantitative estimate of drug-likeness (QED) is 0.421. The summed E-state index contributed by atoms with van der Waals surface area (Å²) in [5.41, 5.74) is 3.76. The molecule has 2 saturated heterocycles. The van der Waals surface area contributed by atoms with Crippen molar-refractivity contribution in [2.24, 2.45) is 16.9 Å². The number of aryl methyl sites for hydroxylation is 1. The molecule has 2 fully saturated rings. The Morgan fingerprint density at radius 1 is 0.882 bits per heavy atom. The molecule has 0 N–H and O–H groups in total. The van der Waals surface area contributed by atoms with Crippen molar-refractivity contribution in [1.82, 2.24) is 5.01 Å². The molecule has 3 heterocycles. The summed E-state index contributed by atoms with van der Waals surface area (Å²) < 4.78 is 0. The van der Waals surface area contributed by atoms with Gasteiger partial charge in [0.15, 0.2) is 5.78 Å². The first-order chi connectivity index (χ1) is 16.5. The van der Waals surface area contributed by atoms with Gasteiger partial charge in [-0.15, -0.1) is 0 Å². The lowest BCUT2D eigenvalue weighted by atomic mass is 9.83. The van der Waals surface area contributed by atoms with Crippen LogP contribution in [0.3, 0.4) is 0 Å². The van der Waals surface area contributed by atoms with Crippen LogP contribution in [0.1, 0.15) is 33.1 Å². The van der Waals surface area contributed by atoms with Gasteiger partial charge in [0.25, 0.3) is 0 Å². The highest BCUT2D eigenvalue weighted by Gasteiger charge is 2.65. The third kappa shape index (κ3) is 2.95. The van der Waals surface area contributed by atoms with E-state index in [0.29, 0.717) is 16.3 Å². The summed E-state index contributed by atoms with van der Waals surface area (Å²) in [4.78, 5) is 42.6. The maximum atomic E-state index is 13.8. The number of rotatable bonds is 3. The number of amides is 2. The molecule has 6 rings (SSSR count). The molecule has 0 aromatic heterocycles. The van der Waals surface area contributed by atoms with Crippen LogP contribution in [-0.2, 0) is 9.59 Å². The van der Waals surface area contributed by atoms with E-state index in [-0.39, 0.29) is 17.6 Å². The number of nitrogens with zero attached hydrogens (tertiary/aromatic N) is 3. The van der Waals surface area contributed by atoms with Crippen molar-refractivity contribution in [3.05, 3.63) is 100 Å². The summed E-state index contributed by atoms with van der Waals surface area (Å²) in [6, 6.07) is 20.1. The number of imide groups is 1. The maximum absolute atomic E-state index is 13.8. The SMILES string of the molecule is Cc1ccc(N2C(=O)[C@@H]3[C@@H](C2=O)[C@@H]2c4ccccc4C=NN2[C@@H]3C(=O)c2ccc(Cl)cc2)cc1. The molecule has 3 aliphatic rings. The van der Waals surface area contributed by atoms with Gasteiger partial charge in [0.1, 0.15) is 6.04 Å². The van der Waals surface area contributed by atoms with Crippen LogP contribution in [0.25, 0.3) is 0 Å². The highest BCUT2D eigenvalue weighted by Crippen LogP contribution is 2.53. The largest absolute Gasteiger partial charge is 0.292 e. The third-order valence-electron chi connectivity index (χ3n) is 6.98. The van der Waals surface area contributed by atoms with E-state index in [0.717, 1.165) is 16.7 Å². The Morgan fingerprint density at radius 2 is 1.56 bits per heavy atom. The van der Waals surface area contributed by atoms with Crippen molar-refractivity contribution in [1.29, 1.82) is 0 Å². The second-order valence-electron chi connectivity index (χ2n) is 8.91. The average Bonchev–Trinajstić information content (AvgIpc) is 3.32. The number of hydrogen-bond donors (Lipinski definition) is 0. The molecule has 2 amide bonds. The highest BCUT2D eigenvalue weighted by atomic mass is 35.5. The van der Waals surface area contributed by atoms with Gasteiger partial charge in [-0.25, -0.2) is 4.90 Å². The van der Waals surface area contributed by atoms with Crippen LogP contribution in [-0.4, -0.2) is 34.9 Å². The fourth-order valence-electron chi connectivity index (χ4n) is 5.40. The molecule has 6 nitrogen and oxygen atoms in total. The number of ketones is 1. The van der Waals surface area contributed by atoms with Gasteiger partial charge in [-0.2, -0.15) is 5.10 Å². The molecule has 3 aromatic carbocycles. The molecule has 34 heavy (non-hydrogen) atoms. The van der Waals surface area contributed by atoms with E-state index in [1.807, 2.05) is 43.3 Å². The molecule has 3 aromatic rings. The number of hydrogen-bond acceptors (Lipinski definition) is 5. The zero-order valence-electron chi connectivity index (χ0n) is 18.3. The Kier molecular flexibility index (Phi) is 4.67. The fraction of sp³-hybridized carbons (Fsp3) is 0.185. The number of carbonyl (C=O) groups is 3. The van der Waals surface area contributed by atoms with Gasteiger partial charge >= 0.3 is 0 Å². The van der Waals surface area contributed by atoms with Crippen LogP contribution >= 0.6 is 11.6 Å². The summed E-state index contributed by atoms with van der Waals surface area (Å²) in [5.74, 6) is -2.48. The maximum Gasteiger partial charge on any atom is 0.240 e. The van der Waals surface area contributed by atoms with Gasteiger partial charge in [0.2, 0.25) is 11.8 Å². The van der Waals surface area contributed by atoms with E-state index in [1.165, 1.54) is 4.90 Å². The van der Waals surface area contributed by atoms with Gasteiger partial charge in [-0.05, 0) is 54.4 Å². The van der Waals surface area contributed by atoms with E-state index in [9.17, 15) is 14.4 Å². The van der Waals surface area contributed by atoms with Gasteiger partial charge in [0.05, 0.1) is 29.8 Å². The first kappa shape index (κ1) is 20.8. The summed E-state index contributed by atoms with van der Waals surface area (Å²) in [5, 5.41) is 6.76. The van der Waals surface area contributed by atoms with E-state index < -0.39 is 23.9 Å². The molecule has 0 bridgehead atoms. The van der Waals surface area contributed by atoms with E-state index in [2.05, 4.69) is 5.10 Å². The molecule has 3 aliphatic heterocycles. The third-order valence-corrected chi connectivity index (χ3v) is 7.23. The van der Waals surface area contributed by atoms with Crippen molar-refractivity contribution in [3.8, 4) is 0 Å². The first-order valence-corrected chi connectivity index (χ1v) is 11.5. The topological polar surface area (TPSA) is 70.1 Å². The zero-order valence-corrected chi connectivity index (χ0v) is 19.0. The summed E-state index contributed by atoms with van der Waals surface area (Å²) in [7, 11) is 0. The molecule has 168 valence electrons. The molecule has 0 saturated carbocycles. The lowest BCUT2D eigenvalue weighted by Crippen LogP contribution is -2.44. The summed E-state index contributed by atoms with van der Waals surface area (Å²) in [6.45, 7) is 1.95. The first-order valence-electron chi connectivity index (χ1n) is 11.1. The van der Waals surface area contributed by atoms with Crippen LogP contribution < -0.4 is 4.90 Å². The lowest BCUT2D eigenvalue weighted by molar-refractivity contribution is -0.124. The predicted molar refractivity (Wildman–Crippen MR) is 129 cm³/mol. The van der Waals surface area contributed by atoms with Crippen molar-refractivity contribution in [3.63, 3.8) is 0 Å². The number of hydrazone groups is 1. The Labute approximate surface area is 201 Å². The monoisotopic (exact) mass is 469 g/mol. The summed E-state index contributed by atoms with van der Waals surface area (Å²) in [6.07, 6.45) is 1.70. The van der Waals surface area contributed by atoms with Crippen LogP contribution in [0.4, 0.5) is 5.69 Å². The second-order valence-corrected chi connectivity index (χ2v) is 9.35. The molecule has 0 radical (unpaired) electrons. The Morgan fingerprint density at radius 3 is 2.29 bits per heavy atom. The van der Waals surface area contributed by atoms with Crippen LogP contribution in [0.5, 0.6) is 0 Å². The van der Waals surface area contributed by atoms with Crippen LogP contribution in [0.2, 0.25) is 5.02 Å². The van der Waals surface area contributed by atoms with E-state index >= 15 is 0 Å². The number of benzene rings is 3. The van der Waals surface area contributed by atoms with Gasteiger partial charge in [0, 0.05) is 10.6 Å². The number of halogens is 1. The highest BCUT2D eigenvalue weighted by molar-refractivity contribution is 6.30. The summed E-state index contributed by atoms with van der Waals surface area (Å²) >= 11 is 6.02. The standard InChI is InChI=1S/C27H20ClN3O3/c1-15-6-12-19(13-7-15)30-26(33)21-22(27(30)34)24(25(32)16-8-10-18(28)11-9-16)31-23(21)20-5-3-2-4-17(20)14-29-31/h2-14,21-24H,1H3/t21-,22-,23+,24+/m1/s1. The molecule has 0 aliphatic carbocycles. The zero-order chi connectivity index (χ0) is 23.6. The van der Waals surface area contributed by atoms with Crippen molar-refractivity contribution < 1.29 is 14.4 Å². The number of fused-ring (bicyclic) bond motifs is 5. The lowest BCUT2D eigenvalue weighted by Gasteiger charge is -2.33. The van der Waals surface area contributed by atoms with E-state index in [4.69, 9.17) is 11.6 Å². The number of carbonyl (C=O) groups excluding carboxylic acids is 3. The minimum Gasteiger partial charge on any atom is -0.292 e. The molecular formula is C27H20ClN3O3. The van der Waals surface area contributed by atoms with E-state index in [1.54, 1.807) is 47.6 Å². The number of Topliss-reactive ketones (excluding diaryl/α,β-unsaturated/α-hetero) is 1. The second kappa shape index (κ2) is 7.64. The Balaban J connectivity index is 1.49. The number of anilines is 1. The van der Waals surface area contributed by atoms with Gasteiger partial charge < -0.3 is 0 Å². The average molecular weight is 470 g/mol. The van der Waals surface area contributed by atoms with Crippen molar-refractivity contribution in [2.75, 3.05) is 4.90 Å². The Bertz CT molecular complexity index is 1370. The van der Waals surface area contributed by atoms with Crippen LogP contribution in [0.15, 0.2) is 77.9 Å². The molecule has 0 unspecified atom stereocenters. The minimum atomic E-state index is -0.896. The molecule has 7 heteroatoms. The van der Waals surface area contributed by atoms with Gasteiger partial charge in [-0.1, -0.05) is 53.6 Å². The normalized spacial score (nSPS) is 24.8.